The van der Waals surface area contributed by atoms with Crippen LogP contribution in [0.3, 0.4) is 0 Å². The molecule has 0 aromatic carbocycles. The largest absolute Gasteiger partial charge is 0.515 e. The quantitative estimate of drug-likeness (QED) is 0.431. The van der Waals surface area contributed by atoms with E-state index in [9.17, 15) is 4.79 Å². The SMILES string of the molecule is CC(C)(C)C(=O)/C=C\O. The van der Waals surface area contributed by atoms with E-state index >= 15 is 0 Å². The van der Waals surface area contributed by atoms with Gasteiger partial charge in [-0.2, -0.15) is 0 Å². The lowest BCUT2D eigenvalue weighted by molar-refractivity contribution is -0.121. The van der Waals surface area contributed by atoms with E-state index in [0.29, 0.717) is 0 Å². The third kappa shape index (κ3) is 2.90. The Kier molecular flexibility index (Phi) is 2.43. The lowest BCUT2D eigenvalue weighted by atomic mass is 9.91. The zero-order valence-corrected chi connectivity index (χ0v) is 6.01. The smallest absolute Gasteiger partial charge is 0.164 e. The fourth-order valence-corrected chi connectivity index (χ4v) is 0.318. The van der Waals surface area contributed by atoms with Gasteiger partial charge in [-0.15, -0.1) is 0 Å². The lowest BCUT2D eigenvalue weighted by Gasteiger charge is -2.12. The predicted octanol–water partition coefficient (Wildman–Crippen LogP) is 1.67. The van der Waals surface area contributed by atoms with E-state index in [1.165, 1.54) is 6.08 Å². The van der Waals surface area contributed by atoms with Gasteiger partial charge < -0.3 is 5.11 Å². The minimum Gasteiger partial charge on any atom is -0.515 e. The fraction of sp³-hybridized carbons (Fsp3) is 0.571. The van der Waals surface area contributed by atoms with Crippen molar-refractivity contribution >= 4 is 5.78 Å². The summed E-state index contributed by atoms with van der Waals surface area (Å²) in [5.41, 5.74) is -0.376. The molecule has 0 rings (SSSR count). The molecule has 0 aliphatic rings. The van der Waals surface area contributed by atoms with Gasteiger partial charge in [0.2, 0.25) is 0 Å². The highest BCUT2D eigenvalue weighted by molar-refractivity contribution is 5.93. The van der Waals surface area contributed by atoms with E-state index in [4.69, 9.17) is 5.11 Å². The van der Waals surface area contributed by atoms with E-state index in [0.717, 1.165) is 6.26 Å². The summed E-state index contributed by atoms with van der Waals surface area (Å²) >= 11 is 0. The number of carbonyl (C=O) groups excluding carboxylic acids is 1. The van der Waals surface area contributed by atoms with Gasteiger partial charge in [-0.1, -0.05) is 20.8 Å². The minimum atomic E-state index is -0.376. The highest BCUT2D eigenvalue weighted by Gasteiger charge is 2.17. The number of aliphatic hydroxyl groups excluding tert-OH is 1. The van der Waals surface area contributed by atoms with Crippen molar-refractivity contribution in [2.75, 3.05) is 0 Å². The van der Waals surface area contributed by atoms with E-state index in [1.54, 1.807) is 20.8 Å². The van der Waals surface area contributed by atoms with Gasteiger partial charge in [0, 0.05) is 11.5 Å². The first kappa shape index (κ1) is 8.21. The molecule has 0 aliphatic heterocycles. The highest BCUT2D eigenvalue weighted by Crippen LogP contribution is 2.14. The minimum absolute atomic E-state index is 0.0648. The van der Waals surface area contributed by atoms with Gasteiger partial charge in [0.05, 0.1) is 6.26 Å². The van der Waals surface area contributed by atoms with Crippen LogP contribution in [0.5, 0.6) is 0 Å². The third-order valence-electron chi connectivity index (χ3n) is 0.965. The summed E-state index contributed by atoms with van der Waals surface area (Å²) < 4.78 is 0. The second-order valence-corrected chi connectivity index (χ2v) is 2.93. The summed E-state index contributed by atoms with van der Waals surface area (Å²) in [6, 6.07) is 0. The standard InChI is InChI=1S/C7H12O2/c1-7(2,3)6(9)4-5-8/h4-5,8H,1-3H3/b5-4-. The van der Waals surface area contributed by atoms with Gasteiger partial charge >= 0.3 is 0 Å². The van der Waals surface area contributed by atoms with Crippen molar-refractivity contribution < 1.29 is 9.90 Å². The Morgan fingerprint density at radius 2 is 1.89 bits per heavy atom. The van der Waals surface area contributed by atoms with Crippen LogP contribution in [0.25, 0.3) is 0 Å². The van der Waals surface area contributed by atoms with Gasteiger partial charge in [-0.3, -0.25) is 4.79 Å². The molecule has 0 aromatic rings. The maximum atomic E-state index is 10.8. The molecule has 0 fully saturated rings. The van der Waals surface area contributed by atoms with Crippen LogP contribution in [0.4, 0.5) is 0 Å². The summed E-state index contributed by atoms with van der Waals surface area (Å²) in [6.45, 7) is 5.40. The molecule has 2 nitrogen and oxygen atoms in total. The van der Waals surface area contributed by atoms with Gasteiger partial charge in [0.1, 0.15) is 0 Å². The van der Waals surface area contributed by atoms with Crippen molar-refractivity contribution in [2.24, 2.45) is 5.41 Å². The molecule has 9 heavy (non-hydrogen) atoms. The zero-order chi connectivity index (χ0) is 7.49. The van der Waals surface area contributed by atoms with Crippen LogP contribution in [0.1, 0.15) is 20.8 Å². The first-order valence-corrected chi connectivity index (χ1v) is 2.83. The molecule has 0 heterocycles. The zero-order valence-electron chi connectivity index (χ0n) is 6.01. The van der Waals surface area contributed by atoms with Crippen LogP contribution < -0.4 is 0 Å². The molecule has 0 saturated carbocycles. The van der Waals surface area contributed by atoms with Gasteiger partial charge in [0.25, 0.3) is 0 Å². The van der Waals surface area contributed by atoms with Crippen molar-refractivity contribution in [3.63, 3.8) is 0 Å². The summed E-state index contributed by atoms with van der Waals surface area (Å²) in [5, 5.41) is 8.20. The van der Waals surface area contributed by atoms with Crippen LogP contribution in [0.2, 0.25) is 0 Å². The molecule has 0 aliphatic carbocycles. The average molecular weight is 128 g/mol. The topological polar surface area (TPSA) is 37.3 Å². The molecule has 0 saturated heterocycles. The maximum Gasteiger partial charge on any atom is 0.164 e. The molecular formula is C7H12O2. The Balaban J connectivity index is 4.06. The van der Waals surface area contributed by atoms with Gasteiger partial charge in [0.15, 0.2) is 5.78 Å². The average Bonchev–Trinajstić information content (AvgIpc) is 1.64. The molecule has 1 N–H and O–H groups in total. The molecule has 0 radical (unpaired) electrons. The number of aliphatic hydroxyl groups is 1. The molecule has 0 aromatic heterocycles. The number of carbonyl (C=O) groups is 1. The van der Waals surface area contributed by atoms with Crippen molar-refractivity contribution in [3.05, 3.63) is 12.3 Å². The van der Waals surface area contributed by atoms with Crippen molar-refractivity contribution in [2.45, 2.75) is 20.8 Å². The Labute approximate surface area is 55.2 Å². The normalized spacial score (nSPS) is 12.3. The Bertz CT molecular complexity index is 128. The monoisotopic (exact) mass is 128 g/mol. The summed E-state index contributed by atoms with van der Waals surface area (Å²) in [7, 11) is 0. The molecule has 0 spiro atoms. The van der Waals surface area contributed by atoms with Gasteiger partial charge in [-0.25, -0.2) is 0 Å². The Morgan fingerprint density at radius 1 is 1.44 bits per heavy atom. The summed E-state index contributed by atoms with van der Waals surface area (Å²) in [6.07, 6.45) is 1.94. The van der Waals surface area contributed by atoms with Crippen molar-refractivity contribution in [3.8, 4) is 0 Å². The molecular weight excluding hydrogens is 116 g/mol. The third-order valence-corrected chi connectivity index (χ3v) is 0.965. The molecule has 0 bridgehead atoms. The molecule has 0 amide bonds. The first-order valence-electron chi connectivity index (χ1n) is 2.83. The highest BCUT2D eigenvalue weighted by atomic mass is 16.2. The molecule has 0 atom stereocenters. The van der Waals surface area contributed by atoms with Crippen LogP contribution in [-0.2, 0) is 4.79 Å². The van der Waals surface area contributed by atoms with E-state index in [2.05, 4.69) is 0 Å². The number of ketones is 1. The van der Waals surface area contributed by atoms with Crippen LogP contribution >= 0.6 is 0 Å². The first-order chi connectivity index (χ1) is 3.98. The number of hydrogen-bond donors (Lipinski definition) is 1. The van der Waals surface area contributed by atoms with E-state index in [1.807, 2.05) is 0 Å². The van der Waals surface area contributed by atoms with Crippen molar-refractivity contribution in [1.82, 2.24) is 0 Å². The Hall–Kier alpha value is -0.790. The van der Waals surface area contributed by atoms with Crippen molar-refractivity contribution in [1.29, 1.82) is 0 Å². The summed E-state index contributed by atoms with van der Waals surface area (Å²) in [5.74, 6) is -0.0648. The molecule has 2 heteroatoms. The van der Waals surface area contributed by atoms with Crippen LogP contribution in [-0.4, -0.2) is 10.9 Å². The van der Waals surface area contributed by atoms with Crippen LogP contribution in [0.15, 0.2) is 12.3 Å². The molecule has 52 valence electrons. The number of rotatable bonds is 1. The second kappa shape index (κ2) is 2.67. The maximum absolute atomic E-state index is 10.8. The van der Waals surface area contributed by atoms with E-state index in [-0.39, 0.29) is 11.2 Å². The van der Waals surface area contributed by atoms with Gasteiger partial charge in [-0.05, 0) is 0 Å². The van der Waals surface area contributed by atoms with Crippen LogP contribution in [0, 0.1) is 5.41 Å². The lowest BCUT2D eigenvalue weighted by Crippen LogP contribution is -2.17. The second-order valence-electron chi connectivity index (χ2n) is 2.93. The summed E-state index contributed by atoms with van der Waals surface area (Å²) in [4.78, 5) is 10.8. The number of allylic oxidation sites excluding steroid dienone is 1. The Morgan fingerprint density at radius 3 is 2.00 bits per heavy atom. The molecule has 0 unspecified atom stereocenters. The number of hydrogen-bond acceptors (Lipinski definition) is 2. The predicted molar refractivity (Wildman–Crippen MR) is 36.2 cm³/mol. The van der Waals surface area contributed by atoms with E-state index < -0.39 is 0 Å². The fourth-order valence-electron chi connectivity index (χ4n) is 0.318.